The average Bonchev–Trinajstić information content (AvgIpc) is 2.40. The monoisotopic (exact) mass is 254 g/mol. The third kappa shape index (κ3) is 2.57. The highest BCUT2D eigenvalue weighted by atomic mass is 16.5. The van der Waals surface area contributed by atoms with Gasteiger partial charge in [0.2, 0.25) is 0 Å². The van der Waals surface area contributed by atoms with Gasteiger partial charge in [-0.3, -0.25) is 4.90 Å². The van der Waals surface area contributed by atoms with Gasteiger partial charge in [0.25, 0.3) is 0 Å². The molecule has 0 aromatic rings. The van der Waals surface area contributed by atoms with Crippen LogP contribution >= 0.6 is 0 Å². The molecule has 3 fully saturated rings. The molecule has 3 rings (SSSR count). The fourth-order valence-corrected chi connectivity index (χ4v) is 3.78. The molecule has 4 heteroatoms. The van der Waals surface area contributed by atoms with Crippen molar-refractivity contribution in [2.75, 3.05) is 39.5 Å². The first kappa shape index (κ1) is 12.9. The topological polar surface area (TPSA) is 33.7 Å². The zero-order valence-corrected chi connectivity index (χ0v) is 11.5. The van der Waals surface area contributed by atoms with E-state index < -0.39 is 0 Å². The quantitative estimate of drug-likeness (QED) is 0.757. The summed E-state index contributed by atoms with van der Waals surface area (Å²) in [6.45, 7) is 8.50. The van der Waals surface area contributed by atoms with Crippen molar-refractivity contribution in [3.63, 3.8) is 0 Å². The lowest BCUT2D eigenvalue weighted by Crippen LogP contribution is -2.58. The maximum absolute atomic E-state index is 6.14. The van der Waals surface area contributed by atoms with Gasteiger partial charge >= 0.3 is 0 Å². The molecule has 0 radical (unpaired) electrons. The Morgan fingerprint density at radius 2 is 2.06 bits per heavy atom. The minimum atomic E-state index is 0.131. The van der Waals surface area contributed by atoms with Crippen LogP contribution in [0.3, 0.4) is 0 Å². The first-order valence-electron chi connectivity index (χ1n) is 7.47. The van der Waals surface area contributed by atoms with E-state index in [0.29, 0.717) is 12.1 Å². The summed E-state index contributed by atoms with van der Waals surface area (Å²) in [5.41, 5.74) is 0.131. The molecule has 0 bridgehead atoms. The summed E-state index contributed by atoms with van der Waals surface area (Å²) in [5.74, 6) is 0. The van der Waals surface area contributed by atoms with Crippen LogP contribution in [-0.4, -0.2) is 62.0 Å². The van der Waals surface area contributed by atoms with Crippen molar-refractivity contribution in [2.24, 2.45) is 0 Å². The Kier molecular flexibility index (Phi) is 3.89. The molecule has 3 aliphatic rings. The summed E-state index contributed by atoms with van der Waals surface area (Å²) >= 11 is 0. The summed E-state index contributed by atoms with van der Waals surface area (Å²) in [4.78, 5) is 2.70. The fourth-order valence-electron chi connectivity index (χ4n) is 3.78. The minimum absolute atomic E-state index is 0.131. The van der Waals surface area contributed by atoms with Crippen molar-refractivity contribution in [3.8, 4) is 0 Å². The van der Waals surface area contributed by atoms with Gasteiger partial charge in [-0.15, -0.1) is 0 Å². The fraction of sp³-hybridized carbons (Fsp3) is 1.00. The van der Waals surface area contributed by atoms with Gasteiger partial charge in [-0.1, -0.05) is 0 Å². The molecule has 3 heterocycles. The highest BCUT2D eigenvalue weighted by molar-refractivity contribution is 4.94. The van der Waals surface area contributed by atoms with E-state index in [4.69, 9.17) is 9.47 Å². The van der Waals surface area contributed by atoms with Crippen LogP contribution in [-0.2, 0) is 9.47 Å². The first-order valence-corrected chi connectivity index (χ1v) is 7.47. The summed E-state index contributed by atoms with van der Waals surface area (Å²) in [7, 11) is 0. The molecule has 2 unspecified atom stereocenters. The molecular formula is C14H26N2O2. The van der Waals surface area contributed by atoms with Gasteiger partial charge < -0.3 is 14.8 Å². The van der Waals surface area contributed by atoms with Crippen molar-refractivity contribution in [3.05, 3.63) is 0 Å². The molecule has 0 aromatic carbocycles. The second kappa shape index (κ2) is 5.45. The van der Waals surface area contributed by atoms with E-state index in [1.165, 1.54) is 19.4 Å². The van der Waals surface area contributed by atoms with Gasteiger partial charge in [-0.2, -0.15) is 0 Å². The normalized spacial score (nSPS) is 37.8. The Morgan fingerprint density at radius 3 is 2.83 bits per heavy atom. The van der Waals surface area contributed by atoms with Gasteiger partial charge in [0.15, 0.2) is 0 Å². The SMILES string of the molecule is CC1CNCCN1C1CCOC2(CCOCC2)C1. The van der Waals surface area contributed by atoms with E-state index >= 15 is 0 Å². The van der Waals surface area contributed by atoms with Crippen LogP contribution in [0.1, 0.15) is 32.6 Å². The number of nitrogens with one attached hydrogen (secondary N) is 1. The van der Waals surface area contributed by atoms with Crippen LogP contribution in [0, 0.1) is 0 Å². The predicted molar refractivity (Wildman–Crippen MR) is 70.8 cm³/mol. The Hall–Kier alpha value is -0.160. The molecule has 3 saturated heterocycles. The standard InChI is InChI=1S/C14H26N2O2/c1-12-11-15-5-6-16(12)13-2-7-18-14(10-13)3-8-17-9-4-14/h12-13,15H,2-11H2,1H3. The number of rotatable bonds is 1. The smallest absolute Gasteiger partial charge is 0.0741 e. The van der Waals surface area contributed by atoms with Crippen LogP contribution in [0.5, 0.6) is 0 Å². The molecule has 2 atom stereocenters. The Labute approximate surface area is 110 Å². The van der Waals surface area contributed by atoms with E-state index in [0.717, 1.165) is 45.8 Å². The highest BCUT2D eigenvalue weighted by Crippen LogP contribution is 2.36. The largest absolute Gasteiger partial charge is 0.381 e. The molecular weight excluding hydrogens is 228 g/mol. The van der Waals surface area contributed by atoms with E-state index in [1.807, 2.05) is 0 Å². The number of nitrogens with zero attached hydrogens (tertiary/aromatic N) is 1. The Bertz CT molecular complexity index is 273. The molecule has 0 aliphatic carbocycles. The summed E-state index contributed by atoms with van der Waals surface area (Å²) in [6.07, 6.45) is 4.58. The summed E-state index contributed by atoms with van der Waals surface area (Å²) in [5, 5.41) is 3.48. The Balaban J connectivity index is 1.65. The van der Waals surface area contributed by atoms with E-state index in [2.05, 4.69) is 17.1 Å². The van der Waals surface area contributed by atoms with E-state index in [-0.39, 0.29) is 5.60 Å². The van der Waals surface area contributed by atoms with Gasteiger partial charge in [0.1, 0.15) is 0 Å². The molecule has 104 valence electrons. The van der Waals surface area contributed by atoms with Crippen LogP contribution < -0.4 is 5.32 Å². The molecule has 0 amide bonds. The lowest BCUT2D eigenvalue weighted by Gasteiger charge is -2.49. The van der Waals surface area contributed by atoms with Crippen LogP contribution in [0.15, 0.2) is 0 Å². The maximum atomic E-state index is 6.14. The van der Waals surface area contributed by atoms with Crippen LogP contribution in [0.4, 0.5) is 0 Å². The third-order valence-electron chi connectivity index (χ3n) is 4.89. The van der Waals surface area contributed by atoms with Crippen molar-refractivity contribution >= 4 is 0 Å². The minimum Gasteiger partial charge on any atom is -0.381 e. The molecule has 1 spiro atoms. The second-order valence-corrected chi connectivity index (χ2v) is 6.08. The molecule has 0 aromatic heterocycles. The van der Waals surface area contributed by atoms with Crippen molar-refractivity contribution < 1.29 is 9.47 Å². The van der Waals surface area contributed by atoms with Crippen molar-refractivity contribution in [1.82, 2.24) is 10.2 Å². The molecule has 4 nitrogen and oxygen atoms in total. The molecule has 0 saturated carbocycles. The zero-order chi connectivity index (χ0) is 12.4. The number of hydrogen-bond acceptors (Lipinski definition) is 4. The number of hydrogen-bond donors (Lipinski definition) is 1. The lowest BCUT2D eigenvalue weighted by molar-refractivity contribution is -0.154. The van der Waals surface area contributed by atoms with Crippen LogP contribution in [0.2, 0.25) is 0 Å². The number of piperazine rings is 1. The van der Waals surface area contributed by atoms with E-state index in [9.17, 15) is 0 Å². The second-order valence-electron chi connectivity index (χ2n) is 6.08. The maximum Gasteiger partial charge on any atom is 0.0741 e. The van der Waals surface area contributed by atoms with Crippen molar-refractivity contribution in [2.45, 2.75) is 50.3 Å². The van der Waals surface area contributed by atoms with E-state index in [1.54, 1.807) is 0 Å². The highest BCUT2D eigenvalue weighted by Gasteiger charge is 2.41. The van der Waals surface area contributed by atoms with Gasteiger partial charge in [-0.05, 0) is 32.6 Å². The Morgan fingerprint density at radius 1 is 1.22 bits per heavy atom. The summed E-state index contributed by atoms with van der Waals surface area (Å²) in [6, 6.07) is 1.38. The average molecular weight is 254 g/mol. The van der Waals surface area contributed by atoms with Gasteiger partial charge in [0.05, 0.1) is 5.60 Å². The molecule has 1 N–H and O–H groups in total. The van der Waals surface area contributed by atoms with Crippen LogP contribution in [0.25, 0.3) is 0 Å². The van der Waals surface area contributed by atoms with Gasteiger partial charge in [-0.25, -0.2) is 0 Å². The number of ether oxygens (including phenoxy) is 2. The zero-order valence-electron chi connectivity index (χ0n) is 11.5. The third-order valence-corrected chi connectivity index (χ3v) is 4.89. The molecule has 3 aliphatic heterocycles. The summed E-state index contributed by atoms with van der Waals surface area (Å²) < 4.78 is 11.6. The van der Waals surface area contributed by atoms with Crippen molar-refractivity contribution in [1.29, 1.82) is 0 Å². The predicted octanol–water partition coefficient (Wildman–Crippen LogP) is 1.01. The lowest BCUT2D eigenvalue weighted by atomic mass is 9.83. The molecule has 18 heavy (non-hydrogen) atoms. The first-order chi connectivity index (χ1) is 8.79. The van der Waals surface area contributed by atoms with Gasteiger partial charge in [0, 0.05) is 51.5 Å².